The highest BCUT2D eigenvalue weighted by molar-refractivity contribution is 6.35. The van der Waals surface area contributed by atoms with E-state index in [0.717, 1.165) is 4.90 Å². The van der Waals surface area contributed by atoms with E-state index < -0.39 is 77.6 Å². The Morgan fingerprint density at radius 1 is 1.16 bits per heavy atom. The van der Waals surface area contributed by atoms with E-state index in [-0.39, 0.29) is 43.5 Å². The number of likely N-dealkylation sites (tertiary alicyclic amines) is 1. The van der Waals surface area contributed by atoms with E-state index in [1.807, 2.05) is 0 Å². The van der Waals surface area contributed by atoms with Crippen molar-refractivity contribution in [2.75, 3.05) is 13.2 Å². The number of ether oxygens (including phenoxy) is 3. The molecule has 3 aliphatic rings. The van der Waals surface area contributed by atoms with Crippen molar-refractivity contribution in [2.45, 2.75) is 102 Å². The zero-order valence-corrected chi connectivity index (χ0v) is 28.5. The molecule has 2 heterocycles. The molecule has 3 fully saturated rings. The van der Waals surface area contributed by atoms with E-state index in [1.165, 1.54) is 26.8 Å². The smallest absolute Gasteiger partial charge is 0.408 e. The summed E-state index contributed by atoms with van der Waals surface area (Å²) in [6.45, 7) is 8.01. The minimum atomic E-state index is -4.88. The number of alkyl carbamates (subject to hydrolysis) is 1. The molecule has 12 nitrogen and oxygen atoms in total. The third-order valence-corrected chi connectivity index (χ3v) is 9.61. The van der Waals surface area contributed by atoms with E-state index in [1.54, 1.807) is 32.0 Å². The molecule has 0 radical (unpaired) electrons. The number of rotatable bonds is 11. The summed E-state index contributed by atoms with van der Waals surface area (Å²) in [5.41, 5.74) is -4.88. The molecule has 1 saturated heterocycles. The summed E-state index contributed by atoms with van der Waals surface area (Å²) in [6.07, 6.45) is -7.51. The predicted octanol–water partition coefficient (Wildman–Crippen LogP) is 5.24. The molecule has 49 heavy (non-hydrogen) atoms. The van der Waals surface area contributed by atoms with Crippen molar-refractivity contribution in [2.24, 2.45) is 11.3 Å². The summed E-state index contributed by atoms with van der Waals surface area (Å²) in [4.78, 5) is 58.5. The number of aliphatic carboxylic acids is 1. The molecule has 1 aliphatic heterocycles. The number of carbonyl (C=O) groups excluding carboxylic acids is 3. The van der Waals surface area contributed by atoms with Gasteiger partial charge in [0.1, 0.15) is 35.1 Å². The van der Waals surface area contributed by atoms with Crippen molar-refractivity contribution in [3.63, 3.8) is 0 Å². The lowest BCUT2D eigenvalue weighted by atomic mass is 9.93. The standard InChI is InChI=1S/C33H40ClF3N4O8/c1-6-17-15-32(17,28(44)45)40-26(42)21-13-18(48-22-14-23(47-7-2)38-24-19(22)9-8-10-20(24)34)16-41(21)27(43)25(31(11-12-31)33(35,36)37)39-29(46)49-30(3,4)5/h8-10,14,17-18,21,25H,6-7,11-13,15-16H2,1-5H3,(H,39,46)(H,40,42)(H,44,45)/t17-,18-,21+,25?,32-/m1/s1. The molecule has 0 spiro atoms. The zero-order chi connectivity index (χ0) is 36.1. The van der Waals surface area contributed by atoms with Crippen molar-refractivity contribution in [1.29, 1.82) is 0 Å². The van der Waals surface area contributed by atoms with Gasteiger partial charge in [-0.25, -0.2) is 14.6 Å². The molecule has 5 atom stereocenters. The maximum atomic E-state index is 14.5. The van der Waals surface area contributed by atoms with Crippen LogP contribution in [0.2, 0.25) is 5.02 Å². The predicted molar refractivity (Wildman–Crippen MR) is 170 cm³/mol. The molecule has 2 saturated carbocycles. The number of hydrogen-bond donors (Lipinski definition) is 3. The third kappa shape index (κ3) is 7.17. The first-order valence-corrected chi connectivity index (χ1v) is 16.5. The van der Waals surface area contributed by atoms with Gasteiger partial charge >= 0.3 is 18.2 Å². The molecule has 3 amide bonds. The fraction of sp³-hybridized carbons (Fsp3) is 0.606. The van der Waals surface area contributed by atoms with Gasteiger partial charge < -0.3 is 34.9 Å². The van der Waals surface area contributed by atoms with Crippen molar-refractivity contribution in [1.82, 2.24) is 20.5 Å². The van der Waals surface area contributed by atoms with Gasteiger partial charge in [0.15, 0.2) is 0 Å². The number of benzene rings is 1. The second kappa shape index (κ2) is 13.0. The molecule has 1 unspecified atom stereocenters. The molecule has 1 aromatic heterocycles. The first-order chi connectivity index (χ1) is 22.9. The topological polar surface area (TPSA) is 156 Å². The second-order valence-electron chi connectivity index (χ2n) is 13.8. The number of carboxylic acid groups (broad SMARTS) is 1. The third-order valence-electron chi connectivity index (χ3n) is 9.30. The lowest BCUT2D eigenvalue weighted by Crippen LogP contribution is -2.60. The SMILES string of the molecule is CCOc1cc(O[C@@H]2C[C@@H](C(=O)N[C@]3(C(=O)O)C[C@H]3CC)N(C(=O)C(NC(=O)OC(C)(C)C)C3(C(F)(F)F)CC3)C2)c2cccc(Cl)c2n1. The zero-order valence-electron chi connectivity index (χ0n) is 27.8. The fourth-order valence-electron chi connectivity index (χ4n) is 6.53. The highest BCUT2D eigenvalue weighted by atomic mass is 35.5. The monoisotopic (exact) mass is 712 g/mol. The van der Waals surface area contributed by atoms with Crippen molar-refractivity contribution in [3.05, 3.63) is 29.3 Å². The van der Waals surface area contributed by atoms with Crippen LogP contribution in [0.3, 0.4) is 0 Å². The van der Waals surface area contributed by atoms with Crippen molar-refractivity contribution >= 4 is 46.4 Å². The number of nitrogens with one attached hydrogen (secondary N) is 2. The van der Waals surface area contributed by atoms with Crippen LogP contribution in [0, 0.1) is 11.3 Å². The normalized spacial score (nSPS) is 24.9. The molecular weight excluding hydrogens is 673 g/mol. The van der Waals surface area contributed by atoms with Crippen LogP contribution in [0.15, 0.2) is 24.3 Å². The lowest BCUT2D eigenvalue weighted by Gasteiger charge is -2.34. The van der Waals surface area contributed by atoms with Gasteiger partial charge in [0.05, 0.1) is 29.1 Å². The molecular formula is C33H40ClF3N4O8. The average molecular weight is 713 g/mol. The van der Waals surface area contributed by atoms with Gasteiger partial charge in [-0.2, -0.15) is 13.2 Å². The first kappa shape index (κ1) is 36.3. The van der Waals surface area contributed by atoms with Crippen LogP contribution in [-0.2, 0) is 19.1 Å². The van der Waals surface area contributed by atoms with Crippen LogP contribution in [0.5, 0.6) is 11.6 Å². The number of aromatic nitrogens is 1. The molecule has 268 valence electrons. The van der Waals surface area contributed by atoms with Crippen LogP contribution < -0.4 is 20.1 Å². The number of amides is 3. The Morgan fingerprint density at radius 2 is 1.86 bits per heavy atom. The number of fused-ring (bicyclic) bond motifs is 1. The van der Waals surface area contributed by atoms with Gasteiger partial charge in [-0.3, -0.25) is 9.59 Å². The molecule has 3 N–H and O–H groups in total. The maximum Gasteiger partial charge on any atom is 0.408 e. The van der Waals surface area contributed by atoms with Gasteiger partial charge in [-0.1, -0.05) is 31.0 Å². The Bertz CT molecular complexity index is 1650. The highest BCUT2D eigenvalue weighted by Gasteiger charge is 2.70. The maximum absolute atomic E-state index is 14.5. The van der Waals surface area contributed by atoms with Crippen molar-refractivity contribution < 1.29 is 51.7 Å². The largest absolute Gasteiger partial charge is 0.488 e. The van der Waals surface area contributed by atoms with E-state index >= 15 is 0 Å². The average Bonchev–Trinajstić information content (AvgIpc) is 3.90. The van der Waals surface area contributed by atoms with Gasteiger partial charge in [0, 0.05) is 17.9 Å². The fourth-order valence-corrected chi connectivity index (χ4v) is 6.74. The molecule has 2 aliphatic carbocycles. The lowest BCUT2D eigenvalue weighted by molar-refractivity contribution is -0.199. The van der Waals surface area contributed by atoms with E-state index in [4.69, 9.17) is 25.8 Å². The summed E-state index contributed by atoms with van der Waals surface area (Å²) in [5, 5.41) is 15.5. The van der Waals surface area contributed by atoms with Gasteiger partial charge in [-0.15, -0.1) is 0 Å². The highest BCUT2D eigenvalue weighted by Crippen LogP contribution is 2.60. The molecule has 0 bridgehead atoms. The van der Waals surface area contributed by atoms with Gasteiger partial charge in [0.25, 0.3) is 0 Å². The second-order valence-corrected chi connectivity index (χ2v) is 14.2. The van der Waals surface area contributed by atoms with E-state index in [2.05, 4.69) is 15.6 Å². The number of hydrogen-bond acceptors (Lipinski definition) is 8. The van der Waals surface area contributed by atoms with Gasteiger partial charge in [-0.05, 0) is 65.0 Å². The summed E-state index contributed by atoms with van der Waals surface area (Å²) in [6, 6.07) is 2.94. The number of carbonyl (C=O) groups is 4. The van der Waals surface area contributed by atoms with E-state index in [0.29, 0.717) is 22.3 Å². The van der Waals surface area contributed by atoms with Crippen LogP contribution in [-0.4, -0.2) is 87.5 Å². The number of alkyl halides is 3. The van der Waals surface area contributed by atoms with Crippen LogP contribution in [0.1, 0.15) is 66.7 Å². The quantitative estimate of drug-likeness (QED) is 0.284. The summed E-state index contributed by atoms with van der Waals surface area (Å²) < 4.78 is 60.7. The number of pyridine rings is 1. The number of para-hydroxylation sites is 1. The number of halogens is 4. The Labute approximate surface area is 286 Å². The van der Waals surface area contributed by atoms with Crippen LogP contribution >= 0.6 is 11.6 Å². The molecule has 5 rings (SSSR count). The Hall–Kier alpha value is -4.01. The number of carboxylic acids is 1. The molecule has 1 aromatic carbocycles. The minimum Gasteiger partial charge on any atom is -0.488 e. The molecule has 16 heteroatoms. The van der Waals surface area contributed by atoms with Crippen molar-refractivity contribution in [3.8, 4) is 11.6 Å². The summed E-state index contributed by atoms with van der Waals surface area (Å²) >= 11 is 6.40. The summed E-state index contributed by atoms with van der Waals surface area (Å²) in [7, 11) is 0. The summed E-state index contributed by atoms with van der Waals surface area (Å²) in [5.74, 6) is -3.22. The van der Waals surface area contributed by atoms with E-state index in [9.17, 15) is 37.5 Å². The first-order valence-electron chi connectivity index (χ1n) is 16.2. The molecule has 2 aromatic rings. The number of nitrogens with zero attached hydrogens (tertiary/aromatic N) is 2. The minimum absolute atomic E-state index is 0.162. The Balaban J connectivity index is 1.51. The van der Waals surface area contributed by atoms with Crippen LogP contribution in [0.4, 0.5) is 18.0 Å². The van der Waals surface area contributed by atoms with Crippen LogP contribution in [0.25, 0.3) is 10.9 Å². The Morgan fingerprint density at radius 3 is 2.41 bits per heavy atom. The van der Waals surface area contributed by atoms with Gasteiger partial charge in [0.2, 0.25) is 17.7 Å². The Kier molecular flexibility index (Phi) is 9.65.